The molecule has 0 aliphatic heterocycles. The summed E-state index contributed by atoms with van der Waals surface area (Å²) < 4.78 is 5.76. The summed E-state index contributed by atoms with van der Waals surface area (Å²) in [7, 11) is 0. The van der Waals surface area contributed by atoms with Crippen molar-refractivity contribution in [3.05, 3.63) is 64.7 Å². The van der Waals surface area contributed by atoms with Crippen molar-refractivity contribution in [1.82, 2.24) is 5.23 Å². The highest BCUT2D eigenvalue weighted by Gasteiger charge is 2.36. The Morgan fingerprint density at radius 1 is 0.900 bits per heavy atom. The van der Waals surface area contributed by atoms with Crippen molar-refractivity contribution in [2.75, 3.05) is 26.4 Å². The molecule has 2 N–H and O–H groups in total. The third-order valence-electron chi connectivity index (χ3n) is 3.88. The first-order valence-corrected chi connectivity index (χ1v) is 9.57. The molecule has 2 rings (SSSR count). The number of benzene rings is 2. The number of amides is 1. The summed E-state index contributed by atoms with van der Waals surface area (Å²) in [5.74, 6) is -0.495. The van der Waals surface area contributed by atoms with E-state index in [4.69, 9.17) is 36.2 Å². The van der Waals surface area contributed by atoms with Gasteiger partial charge in [-0.25, -0.2) is 9.68 Å². The van der Waals surface area contributed by atoms with E-state index in [0.717, 1.165) is 0 Å². The minimum Gasteiger partial charge on any atom is -0.478 e. The van der Waals surface area contributed by atoms with E-state index in [2.05, 4.69) is 0 Å². The molecule has 0 saturated heterocycles. The van der Waals surface area contributed by atoms with E-state index < -0.39 is 11.5 Å². The molecule has 0 unspecified atom stereocenters. The molecular formula is C21H24ClNO7. The number of carbonyl (C=O) groups excluding carboxylic acids is 2. The molecule has 0 bridgehead atoms. The van der Waals surface area contributed by atoms with Crippen LogP contribution in [0, 0.1) is 0 Å². The Hall–Kier alpha value is -2.49. The number of ether oxygens (including phenoxy) is 1. The summed E-state index contributed by atoms with van der Waals surface area (Å²) in [5, 5.41) is 18.9. The molecule has 0 aromatic heterocycles. The smallest absolute Gasteiger partial charge is 0.316 e. The van der Waals surface area contributed by atoms with Crippen LogP contribution in [0.3, 0.4) is 0 Å². The molecule has 9 heteroatoms. The second-order valence-corrected chi connectivity index (χ2v) is 7.09. The molecule has 0 radical (unpaired) electrons. The van der Waals surface area contributed by atoms with E-state index in [9.17, 15) is 9.59 Å². The Morgan fingerprint density at radius 3 is 1.83 bits per heavy atom. The third-order valence-corrected chi connectivity index (χ3v) is 4.13. The summed E-state index contributed by atoms with van der Waals surface area (Å²) in [6, 6.07) is 12.9. The molecule has 0 spiro atoms. The lowest BCUT2D eigenvalue weighted by molar-refractivity contribution is -0.350. The van der Waals surface area contributed by atoms with Gasteiger partial charge in [0, 0.05) is 16.1 Å². The topological polar surface area (TPSA) is 106 Å². The zero-order valence-electron chi connectivity index (χ0n) is 16.7. The predicted octanol–water partition coefficient (Wildman–Crippen LogP) is 2.40. The van der Waals surface area contributed by atoms with Crippen molar-refractivity contribution in [1.29, 1.82) is 0 Å². The van der Waals surface area contributed by atoms with Crippen LogP contribution < -0.4 is 4.74 Å². The summed E-state index contributed by atoms with van der Waals surface area (Å²) in [6.45, 7) is 2.04. The van der Waals surface area contributed by atoms with E-state index >= 15 is 0 Å². The normalized spacial score (nSPS) is 11.2. The lowest BCUT2D eigenvalue weighted by atomic mass is 10.0. The molecule has 0 saturated carbocycles. The molecule has 1 amide bonds. The van der Waals surface area contributed by atoms with Crippen LogP contribution in [-0.4, -0.2) is 59.2 Å². The number of rotatable bonds is 11. The van der Waals surface area contributed by atoms with Crippen LogP contribution in [0.1, 0.15) is 29.8 Å². The summed E-state index contributed by atoms with van der Waals surface area (Å²) in [5.41, 5.74) is -0.443. The van der Waals surface area contributed by atoms with E-state index in [1.807, 2.05) is 0 Å². The Kier molecular flexibility index (Phi) is 8.76. The van der Waals surface area contributed by atoms with Crippen LogP contribution in [0.25, 0.3) is 0 Å². The van der Waals surface area contributed by atoms with Crippen LogP contribution in [0.15, 0.2) is 48.5 Å². The second-order valence-electron chi connectivity index (χ2n) is 6.65. The van der Waals surface area contributed by atoms with Crippen LogP contribution in [0.2, 0.25) is 5.02 Å². The van der Waals surface area contributed by atoms with Gasteiger partial charge in [0.2, 0.25) is 0 Å². The number of hydrogen-bond acceptors (Lipinski definition) is 7. The van der Waals surface area contributed by atoms with Crippen LogP contribution in [0.5, 0.6) is 5.75 Å². The van der Waals surface area contributed by atoms with Gasteiger partial charge in [0.25, 0.3) is 0 Å². The Bertz CT molecular complexity index is 829. The van der Waals surface area contributed by atoms with Gasteiger partial charge in [-0.1, -0.05) is 16.8 Å². The average molecular weight is 438 g/mol. The molecular weight excluding hydrogens is 414 g/mol. The number of aliphatic hydroxyl groups excluding tert-OH is 2. The molecule has 30 heavy (non-hydrogen) atoms. The van der Waals surface area contributed by atoms with Crippen molar-refractivity contribution in [3.8, 4) is 5.75 Å². The summed E-state index contributed by atoms with van der Waals surface area (Å²) in [4.78, 5) is 35.3. The van der Waals surface area contributed by atoms with E-state index in [1.165, 1.54) is 13.8 Å². The molecule has 2 aromatic carbocycles. The second kappa shape index (κ2) is 11.1. The van der Waals surface area contributed by atoms with Gasteiger partial charge >= 0.3 is 5.91 Å². The SMILES string of the molecule is CC(C)(Oc1ccc(C(=O)c2ccc(Cl)cc2)cc1)C(=O)N(OCCO)OCCO. The third kappa shape index (κ3) is 6.51. The van der Waals surface area contributed by atoms with Crippen LogP contribution >= 0.6 is 11.6 Å². The van der Waals surface area contributed by atoms with Gasteiger partial charge in [-0.2, -0.15) is 0 Å². The molecule has 162 valence electrons. The van der Waals surface area contributed by atoms with Gasteiger partial charge in [-0.15, -0.1) is 0 Å². The number of carbonyl (C=O) groups is 2. The maximum atomic E-state index is 12.7. The minimum atomic E-state index is -1.40. The standard InChI is InChI=1S/C21H24ClNO7/c1-21(2,20(27)23(28-13-11-24)29-14-12-25)30-18-9-5-16(6-10-18)19(26)15-3-7-17(22)8-4-15/h3-10,24-25H,11-14H2,1-2H3. The largest absolute Gasteiger partial charge is 0.478 e. The first-order valence-electron chi connectivity index (χ1n) is 9.20. The van der Waals surface area contributed by atoms with Crippen LogP contribution in [0.4, 0.5) is 0 Å². The van der Waals surface area contributed by atoms with E-state index in [-0.39, 0.29) is 32.2 Å². The summed E-state index contributed by atoms with van der Waals surface area (Å²) >= 11 is 5.85. The van der Waals surface area contributed by atoms with E-state index in [0.29, 0.717) is 27.1 Å². The fraction of sp³-hybridized carbons (Fsp3) is 0.333. The van der Waals surface area contributed by atoms with Gasteiger partial charge < -0.3 is 14.9 Å². The van der Waals surface area contributed by atoms with E-state index in [1.54, 1.807) is 48.5 Å². The minimum absolute atomic E-state index is 0.172. The molecule has 0 aliphatic carbocycles. The quantitative estimate of drug-likeness (QED) is 0.410. The zero-order valence-corrected chi connectivity index (χ0v) is 17.5. The lowest BCUT2D eigenvalue weighted by Gasteiger charge is -2.30. The maximum absolute atomic E-state index is 12.7. The Balaban J connectivity index is 2.08. The first-order chi connectivity index (χ1) is 14.3. The monoisotopic (exact) mass is 437 g/mol. The zero-order chi connectivity index (χ0) is 22.1. The highest BCUT2D eigenvalue weighted by atomic mass is 35.5. The molecule has 0 atom stereocenters. The fourth-order valence-corrected chi connectivity index (χ4v) is 2.53. The molecule has 8 nitrogen and oxygen atoms in total. The fourth-order valence-electron chi connectivity index (χ4n) is 2.40. The lowest BCUT2D eigenvalue weighted by Crippen LogP contribution is -2.49. The van der Waals surface area contributed by atoms with Crippen molar-refractivity contribution in [2.45, 2.75) is 19.4 Å². The highest BCUT2D eigenvalue weighted by Crippen LogP contribution is 2.23. The molecule has 0 aliphatic rings. The average Bonchev–Trinajstić information content (AvgIpc) is 2.74. The van der Waals surface area contributed by atoms with Gasteiger partial charge in [0.15, 0.2) is 11.4 Å². The van der Waals surface area contributed by atoms with Crippen molar-refractivity contribution in [2.24, 2.45) is 0 Å². The number of hydroxylamine groups is 2. The van der Waals surface area contributed by atoms with Gasteiger partial charge in [0.05, 0.1) is 13.2 Å². The summed E-state index contributed by atoms with van der Waals surface area (Å²) in [6.07, 6.45) is 0. The van der Waals surface area contributed by atoms with Crippen molar-refractivity contribution >= 4 is 23.3 Å². The predicted molar refractivity (Wildman–Crippen MR) is 109 cm³/mol. The van der Waals surface area contributed by atoms with Gasteiger partial charge in [-0.3, -0.25) is 9.59 Å². The van der Waals surface area contributed by atoms with Crippen molar-refractivity contribution in [3.63, 3.8) is 0 Å². The highest BCUT2D eigenvalue weighted by molar-refractivity contribution is 6.30. The Labute approximate surface area is 179 Å². The van der Waals surface area contributed by atoms with Crippen molar-refractivity contribution < 1.29 is 34.2 Å². The molecule has 0 heterocycles. The number of halogens is 1. The van der Waals surface area contributed by atoms with Gasteiger partial charge in [-0.05, 0) is 62.4 Å². The van der Waals surface area contributed by atoms with Crippen LogP contribution in [-0.2, 0) is 14.5 Å². The van der Waals surface area contributed by atoms with Gasteiger partial charge in [0.1, 0.15) is 19.0 Å². The number of aliphatic hydroxyl groups is 2. The Morgan fingerprint density at radius 2 is 1.37 bits per heavy atom. The molecule has 2 aromatic rings. The molecule has 0 fully saturated rings. The number of hydrogen-bond donors (Lipinski definition) is 2. The number of ketones is 1. The maximum Gasteiger partial charge on any atom is 0.316 e. The number of nitrogens with zero attached hydrogens (tertiary/aromatic N) is 1. The first kappa shape index (κ1) is 23.8.